The van der Waals surface area contributed by atoms with Crippen molar-refractivity contribution >= 4 is 10.2 Å². The summed E-state index contributed by atoms with van der Waals surface area (Å²) in [7, 11) is -1.67. The van der Waals surface area contributed by atoms with Gasteiger partial charge in [-0.15, -0.1) is 0 Å². The van der Waals surface area contributed by atoms with Crippen molar-refractivity contribution in [3.63, 3.8) is 0 Å². The van der Waals surface area contributed by atoms with Gasteiger partial charge in [-0.05, 0) is 30.3 Å². The van der Waals surface area contributed by atoms with E-state index in [4.69, 9.17) is 9.47 Å². The normalized spacial score (nSPS) is 18.1. The summed E-state index contributed by atoms with van der Waals surface area (Å²) < 4.78 is 54.8. The van der Waals surface area contributed by atoms with Gasteiger partial charge in [-0.1, -0.05) is 13.8 Å². The summed E-state index contributed by atoms with van der Waals surface area (Å²) in [4.78, 5) is 0. The third kappa shape index (κ3) is 5.18. The van der Waals surface area contributed by atoms with Gasteiger partial charge in [0.15, 0.2) is 0 Å². The molecule has 1 fully saturated rings. The molecule has 10 heteroatoms. The average Bonchev–Trinajstić information content (AvgIpc) is 3.11. The Morgan fingerprint density at radius 3 is 2.63 bits per heavy atom. The van der Waals surface area contributed by atoms with Crippen LogP contribution in [0.1, 0.15) is 31.3 Å². The summed E-state index contributed by atoms with van der Waals surface area (Å²) >= 11 is 0. The fourth-order valence-electron chi connectivity index (χ4n) is 3.45. The highest BCUT2D eigenvalue weighted by Gasteiger charge is 2.34. The van der Waals surface area contributed by atoms with Crippen LogP contribution in [-0.2, 0) is 28.4 Å². The summed E-state index contributed by atoms with van der Waals surface area (Å²) in [6.07, 6.45) is 0.191. The topological polar surface area (TPSA) is 76.9 Å². The van der Waals surface area contributed by atoms with Crippen molar-refractivity contribution in [2.75, 3.05) is 39.4 Å². The Kier molecular flexibility index (Phi) is 7.45. The number of morpholine rings is 1. The van der Waals surface area contributed by atoms with Crippen LogP contribution in [0.2, 0.25) is 0 Å². The van der Waals surface area contributed by atoms with Crippen LogP contribution in [0.4, 0.5) is 4.39 Å². The van der Waals surface area contributed by atoms with Crippen LogP contribution in [-0.4, -0.2) is 66.2 Å². The lowest BCUT2D eigenvalue weighted by Crippen LogP contribution is -2.49. The van der Waals surface area contributed by atoms with Crippen LogP contribution < -0.4 is 4.74 Å². The second-order valence-electron chi connectivity index (χ2n) is 7.05. The lowest BCUT2D eigenvalue weighted by molar-refractivity contribution is -0.00684. The van der Waals surface area contributed by atoms with Crippen LogP contribution in [0, 0.1) is 5.82 Å². The first-order chi connectivity index (χ1) is 14.3. The maximum Gasteiger partial charge on any atom is 0.282 e. The molecule has 0 aliphatic carbocycles. The first kappa shape index (κ1) is 22.7. The van der Waals surface area contributed by atoms with Gasteiger partial charge in [0.2, 0.25) is 0 Å². The second-order valence-corrected chi connectivity index (χ2v) is 8.97. The van der Waals surface area contributed by atoms with Gasteiger partial charge in [0.05, 0.1) is 18.9 Å². The van der Waals surface area contributed by atoms with Gasteiger partial charge in [0.1, 0.15) is 17.7 Å². The lowest BCUT2D eigenvalue weighted by Gasteiger charge is -2.34. The van der Waals surface area contributed by atoms with Gasteiger partial charge in [0, 0.05) is 45.3 Å². The highest BCUT2D eigenvalue weighted by molar-refractivity contribution is 7.86. The molecule has 1 unspecified atom stereocenters. The number of halogens is 1. The minimum atomic E-state index is -3.51. The van der Waals surface area contributed by atoms with Crippen LogP contribution in [0.15, 0.2) is 30.3 Å². The molecule has 1 aliphatic heterocycles. The molecule has 2 aromatic rings. The highest BCUT2D eigenvalue weighted by Crippen LogP contribution is 2.25. The van der Waals surface area contributed by atoms with E-state index in [2.05, 4.69) is 5.10 Å². The van der Waals surface area contributed by atoms with E-state index in [9.17, 15) is 12.8 Å². The van der Waals surface area contributed by atoms with E-state index in [-0.39, 0.29) is 12.4 Å². The molecule has 166 valence electrons. The van der Waals surface area contributed by atoms with Gasteiger partial charge in [-0.3, -0.25) is 4.68 Å². The Balaban J connectivity index is 1.63. The minimum absolute atomic E-state index is 0.237. The summed E-state index contributed by atoms with van der Waals surface area (Å²) in [5.74, 6) is 0.301. The SMILES string of the molecule is CCN(CC)S(=O)(=O)N1CCOC(c2cc(CCOc3ccc(F)cc3)n(C)n2)C1. The van der Waals surface area contributed by atoms with Crippen molar-refractivity contribution in [2.45, 2.75) is 26.4 Å². The number of aromatic nitrogens is 2. The molecular formula is C20H29FN4O4S. The van der Waals surface area contributed by atoms with Crippen molar-refractivity contribution in [1.29, 1.82) is 0 Å². The molecule has 2 heterocycles. The maximum absolute atomic E-state index is 13.0. The smallest absolute Gasteiger partial charge is 0.282 e. The number of hydrogen-bond acceptors (Lipinski definition) is 5. The molecule has 1 saturated heterocycles. The third-order valence-corrected chi connectivity index (χ3v) is 7.31. The van der Waals surface area contributed by atoms with Gasteiger partial charge in [-0.2, -0.15) is 22.1 Å². The van der Waals surface area contributed by atoms with Crippen LogP contribution in [0.25, 0.3) is 0 Å². The van der Waals surface area contributed by atoms with Crippen molar-refractivity contribution < 1.29 is 22.3 Å². The number of aryl methyl sites for hydroxylation is 1. The molecule has 8 nitrogen and oxygen atoms in total. The minimum Gasteiger partial charge on any atom is -0.493 e. The maximum atomic E-state index is 13.0. The predicted octanol–water partition coefficient (Wildman–Crippen LogP) is 2.14. The fraction of sp³-hybridized carbons (Fsp3) is 0.550. The molecule has 1 aromatic carbocycles. The van der Waals surface area contributed by atoms with Crippen molar-refractivity contribution in [3.8, 4) is 5.75 Å². The molecule has 0 bridgehead atoms. The molecule has 0 radical (unpaired) electrons. The quantitative estimate of drug-likeness (QED) is 0.597. The van der Waals surface area contributed by atoms with E-state index in [1.165, 1.54) is 20.7 Å². The number of ether oxygens (including phenoxy) is 2. The zero-order chi connectivity index (χ0) is 21.7. The van der Waals surface area contributed by atoms with E-state index in [1.54, 1.807) is 16.8 Å². The molecule has 1 aromatic heterocycles. The lowest BCUT2D eigenvalue weighted by atomic mass is 10.2. The Hall–Kier alpha value is -2.01. The van der Waals surface area contributed by atoms with Crippen molar-refractivity contribution in [1.82, 2.24) is 18.4 Å². The summed E-state index contributed by atoms with van der Waals surface area (Å²) in [5.41, 5.74) is 1.65. The summed E-state index contributed by atoms with van der Waals surface area (Å²) in [5, 5.41) is 4.52. The third-order valence-electron chi connectivity index (χ3n) is 5.15. The average molecular weight is 441 g/mol. The van der Waals surface area contributed by atoms with Crippen molar-refractivity contribution in [2.24, 2.45) is 7.05 Å². The first-order valence-electron chi connectivity index (χ1n) is 10.1. The second kappa shape index (κ2) is 9.86. The first-order valence-corrected chi connectivity index (χ1v) is 11.5. The van der Waals surface area contributed by atoms with Crippen LogP contribution in [0.5, 0.6) is 5.75 Å². The van der Waals surface area contributed by atoms with E-state index < -0.39 is 16.3 Å². The number of nitrogens with zero attached hydrogens (tertiary/aromatic N) is 4. The van der Waals surface area contributed by atoms with Gasteiger partial charge in [-0.25, -0.2) is 4.39 Å². The molecule has 30 heavy (non-hydrogen) atoms. The number of benzene rings is 1. The Morgan fingerprint density at radius 2 is 1.97 bits per heavy atom. The predicted molar refractivity (Wildman–Crippen MR) is 111 cm³/mol. The molecule has 0 saturated carbocycles. The zero-order valence-electron chi connectivity index (χ0n) is 17.6. The largest absolute Gasteiger partial charge is 0.493 e. The number of hydrogen-bond donors (Lipinski definition) is 0. The van der Waals surface area contributed by atoms with E-state index in [0.717, 1.165) is 5.69 Å². The van der Waals surface area contributed by atoms with E-state index >= 15 is 0 Å². The molecule has 1 aliphatic rings. The van der Waals surface area contributed by atoms with Gasteiger partial charge in [0.25, 0.3) is 10.2 Å². The molecule has 0 amide bonds. The van der Waals surface area contributed by atoms with Crippen LogP contribution >= 0.6 is 0 Å². The Morgan fingerprint density at radius 1 is 1.27 bits per heavy atom. The monoisotopic (exact) mass is 440 g/mol. The highest BCUT2D eigenvalue weighted by atomic mass is 32.2. The molecule has 3 rings (SSSR count). The standard InChI is InChI=1S/C20H29FN4O4S/c1-4-24(5-2)30(26,27)25-11-13-29-20(15-25)19-14-17(23(3)22-19)10-12-28-18-8-6-16(21)7-9-18/h6-9,14,20H,4-5,10-13,15H2,1-3H3. The van der Waals surface area contributed by atoms with E-state index in [0.29, 0.717) is 50.7 Å². The molecule has 0 spiro atoms. The van der Waals surface area contributed by atoms with Gasteiger partial charge < -0.3 is 9.47 Å². The Bertz CT molecular complexity index is 929. The molecule has 0 N–H and O–H groups in total. The summed E-state index contributed by atoms with van der Waals surface area (Å²) in [6.45, 7) is 5.84. The Labute approximate surface area is 177 Å². The fourth-order valence-corrected chi connectivity index (χ4v) is 5.06. The van der Waals surface area contributed by atoms with E-state index in [1.807, 2.05) is 27.0 Å². The van der Waals surface area contributed by atoms with Crippen LogP contribution in [0.3, 0.4) is 0 Å². The number of rotatable bonds is 9. The van der Waals surface area contributed by atoms with Crippen molar-refractivity contribution in [3.05, 3.63) is 47.5 Å². The molecular weight excluding hydrogens is 411 g/mol. The molecule has 1 atom stereocenters. The van der Waals surface area contributed by atoms with Gasteiger partial charge >= 0.3 is 0 Å². The zero-order valence-corrected chi connectivity index (χ0v) is 18.4. The summed E-state index contributed by atoms with van der Waals surface area (Å²) in [6, 6.07) is 7.81.